The molecule has 2 aromatic rings. The van der Waals surface area contributed by atoms with Crippen LogP contribution in [-0.4, -0.2) is 20.1 Å². The molecule has 0 unspecified atom stereocenters. The molecule has 2 rings (SSSR count). The fraction of sp³-hybridized carbons (Fsp3) is 0.286. The van der Waals surface area contributed by atoms with Gasteiger partial charge in [0.05, 0.1) is 11.4 Å². The number of rotatable bonds is 7. The minimum Gasteiger partial charge on any atom is -0.283 e. The van der Waals surface area contributed by atoms with Crippen LogP contribution in [0, 0.1) is 0 Å². The Morgan fingerprint density at radius 3 is 2.60 bits per heavy atom. The molecule has 0 aliphatic rings. The predicted molar refractivity (Wildman–Crippen MR) is 87.1 cm³/mol. The second-order valence-electron chi connectivity index (χ2n) is 4.34. The standard InChI is InChI=1S/C14H16ClNO2S2/c15-9-3-4-11-20(17,18)16-13-7-2-1-6-12(13)14-8-5-10-19-14/h1-2,5-8,10,16H,3-4,9,11H2. The van der Waals surface area contributed by atoms with Crippen LogP contribution in [0.1, 0.15) is 12.8 Å². The molecular formula is C14H16ClNO2S2. The van der Waals surface area contributed by atoms with Crippen LogP contribution in [0.2, 0.25) is 0 Å². The zero-order valence-electron chi connectivity index (χ0n) is 10.9. The Morgan fingerprint density at radius 2 is 1.90 bits per heavy atom. The summed E-state index contributed by atoms with van der Waals surface area (Å²) in [4.78, 5) is 1.05. The van der Waals surface area contributed by atoms with Crippen LogP contribution in [0.15, 0.2) is 41.8 Å². The van der Waals surface area contributed by atoms with Gasteiger partial charge in [-0.3, -0.25) is 4.72 Å². The smallest absolute Gasteiger partial charge is 0.232 e. The Morgan fingerprint density at radius 1 is 1.10 bits per heavy atom. The number of anilines is 1. The Bertz CT molecular complexity index is 639. The third-order valence-electron chi connectivity index (χ3n) is 2.78. The van der Waals surface area contributed by atoms with Gasteiger partial charge in [-0.2, -0.15) is 0 Å². The Kier molecular flexibility index (Phi) is 5.46. The molecule has 1 N–H and O–H groups in total. The molecule has 0 fully saturated rings. The number of hydrogen-bond acceptors (Lipinski definition) is 3. The lowest BCUT2D eigenvalue weighted by Crippen LogP contribution is -2.17. The zero-order chi connectivity index (χ0) is 14.4. The van der Waals surface area contributed by atoms with Gasteiger partial charge < -0.3 is 0 Å². The van der Waals surface area contributed by atoms with Crippen molar-refractivity contribution in [3.63, 3.8) is 0 Å². The molecule has 0 saturated carbocycles. The van der Waals surface area contributed by atoms with Crippen molar-refractivity contribution in [2.45, 2.75) is 12.8 Å². The zero-order valence-corrected chi connectivity index (χ0v) is 13.3. The van der Waals surface area contributed by atoms with Gasteiger partial charge in [0.1, 0.15) is 0 Å². The molecule has 20 heavy (non-hydrogen) atoms. The van der Waals surface area contributed by atoms with Gasteiger partial charge in [-0.05, 0) is 30.4 Å². The van der Waals surface area contributed by atoms with E-state index in [0.717, 1.165) is 10.4 Å². The molecule has 0 saturated heterocycles. The number of benzene rings is 1. The first-order valence-corrected chi connectivity index (χ1v) is 9.38. The SMILES string of the molecule is O=S(=O)(CCCCCl)Nc1ccccc1-c1cccs1. The minimum atomic E-state index is -3.32. The van der Waals surface area contributed by atoms with E-state index in [1.807, 2.05) is 35.7 Å². The maximum Gasteiger partial charge on any atom is 0.232 e. The Labute approximate surface area is 128 Å². The van der Waals surface area contributed by atoms with E-state index in [1.165, 1.54) is 0 Å². The molecule has 0 bridgehead atoms. The molecule has 6 heteroatoms. The van der Waals surface area contributed by atoms with E-state index in [-0.39, 0.29) is 5.75 Å². The van der Waals surface area contributed by atoms with Gasteiger partial charge in [-0.25, -0.2) is 8.42 Å². The molecular weight excluding hydrogens is 314 g/mol. The average molecular weight is 330 g/mol. The van der Waals surface area contributed by atoms with Crippen LogP contribution in [-0.2, 0) is 10.0 Å². The number of para-hydroxylation sites is 1. The molecule has 0 atom stereocenters. The molecule has 1 aromatic carbocycles. The van der Waals surface area contributed by atoms with E-state index >= 15 is 0 Å². The topological polar surface area (TPSA) is 46.2 Å². The van der Waals surface area contributed by atoms with Crippen molar-refractivity contribution in [3.8, 4) is 10.4 Å². The van der Waals surface area contributed by atoms with Crippen LogP contribution in [0.5, 0.6) is 0 Å². The summed E-state index contributed by atoms with van der Waals surface area (Å²) >= 11 is 7.15. The highest BCUT2D eigenvalue weighted by Crippen LogP contribution is 2.31. The number of alkyl halides is 1. The van der Waals surface area contributed by atoms with E-state index in [9.17, 15) is 8.42 Å². The predicted octanol–water partition coefficient (Wildman–Crippen LogP) is 4.18. The van der Waals surface area contributed by atoms with Crippen molar-refractivity contribution in [1.82, 2.24) is 0 Å². The van der Waals surface area contributed by atoms with E-state index in [4.69, 9.17) is 11.6 Å². The van der Waals surface area contributed by atoms with Crippen LogP contribution >= 0.6 is 22.9 Å². The second-order valence-corrected chi connectivity index (χ2v) is 7.51. The lowest BCUT2D eigenvalue weighted by atomic mass is 10.1. The van der Waals surface area contributed by atoms with Crippen molar-refractivity contribution in [2.24, 2.45) is 0 Å². The highest BCUT2D eigenvalue weighted by atomic mass is 35.5. The maximum absolute atomic E-state index is 12.0. The number of sulfonamides is 1. The van der Waals surface area contributed by atoms with Gasteiger partial charge in [0.2, 0.25) is 10.0 Å². The monoisotopic (exact) mass is 329 g/mol. The number of nitrogens with one attached hydrogen (secondary N) is 1. The molecule has 0 spiro atoms. The third-order valence-corrected chi connectivity index (χ3v) is 5.30. The van der Waals surface area contributed by atoms with Crippen molar-refractivity contribution in [2.75, 3.05) is 16.4 Å². The van der Waals surface area contributed by atoms with Gasteiger partial charge >= 0.3 is 0 Å². The van der Waals surface area contributed by atoms with Gasteiger partial charge in [0.15, 0.2) is 0 Å². The van der Waals surface area contributed by atoms with Gasteiger partial charge in [-0.15, -0.1) is 22.9 Å². The molecule has 108 valence electrons. The normalized spacial score (nSPS) is 11.4. The molecule has 0 aliphatic carbocycles. The quantitative estimate of drug-likeness (QED) is 0.612. The lowest BCUT2D eigenvalue weighted by molar-refractivity contribution is 0.598. The van der Waals surface area contributed by atoms with E-state index in [2.05, 4.69) is 4.72 Å². The number of thiophene rings is 1. The summed E-state index contributed by atoms with van der Waals surface area (Å²) in [5, 5.41) is 1.97. The molecule has 0 radical (unpaired) electrons. The largest absolute Gasteiger partial charge is 0.283 e. The van der Waals surface area contributed by atoms with Gasteiger partial charge in [0, 0.05) is 16.3 Å². The van der Waals surface area contributed by atoms with E-state index < -0.39 is 10.0 Å². The number of halogens is 1. The first kappa shape index (κ1) is 15.4. The summed E-state index contributed by atoms with van der Waals surface area (Å²) in [6, 6.07) is 11.4. The van der Waals surface area contributed by atoms with E-state index in [1.54, 1.807) is 17.4 Å². The number of hydrogen-bond donors (Lipinski definition) is 1. The molecule has 3 nitrogen and oxygen atoms in total. The second kappa shape index (κ2) is 7.11. The minimum absolute atomic E-state index is 0.0957. The van der Waals surface area contributed by atoms with Gasteiger partial charge in [-0.1, -0.05) is 24.3 Å². The summed E-state index contributed by atoms with van der Waals surface area (Å²) in [5.74, 6) is 0.583. The summed E-state index contributed by atoms with van der Waals surface area (Å²) in [7, 11) is -3.32. The van der Waals surface area contributed by atoms with Crippen LogP contribution in [0.3, 0.4) is 0 Å². The molecule has 1 aromatic heterocycles. The first-order chi connectivity index (χ1) is 9.62. The van der Waals surface area contributed by atoms with Gasteiger partial charge in [0.25, 0.3) is 0 Å². The lowest BCUT2D eigenvalue weighted by Gasteiger charge is -2.11. The van der Waals surface area contributed by atoms with Crippen molar-refractivity contribution >= 4 is 38.6 Å². The first-order valence-electron chi connectivity index (χ1n) is 6.32. The summed E-state index contributed by atoms with van der Waals surface area (Å²) in [6.07, 6.45) is 1.27. The summed E-state index contributed by atoms with van der Waals surface area (Å²) < 4.78 is 26.8. The fourth-order valence-electron chi connectivity index (χ4n) is 1.82. The summed E-state index contributed by atoms with van der Waals surface area (Å²) in [6.45, 7) is 0. The van der Waals surface area contributed by atoms with E-state index in [0.29, 0.717) is 24.4 Å². The van der Waals surface area contributed by atoms with Crippen molar-refractivity contribution < 1.29 is 8.42 Å². The Balaban J connectivity index is 2.18. The highest BCUT2D eigenvalue weighted by molar-refractivity contribution is 7.92. The van der Waals surface area contributed by atoms with Crippen LogP contribution in [0.4, 0.5) is 5.69 Å². The van der Waals surface area contributed by atoms with Crippen LogP contribution in [0.25, 0.3) is 10.4 Å². The van der Waals surface area contributed by atoms with Crippen LogP contribution < -0.4 is 4.72 Å². The van der Waals surface area contributed by atoms with Crippen molar-refractivity contribution in [3.05, 3.63) is 41.8 Å². The molecule has 0 aliphatic heterocycles. The Hall–Kier alpha value is -1.04. The highest BCUT2D eigenvalue weighted by Gasteiger charge is 2.13. The maximum atomic E-state index is 12.0. The third kappa shape index (κ3) is 4.23. The van der Waals surface area contributed by atoms with Crippen molar-refractivity contribution in [1.29, 1.82) is 0 Å². The number of unbranched alkanes of at least 4 members (excludes halogenated alkanes) is 1. The fourth-order valence-corrected chi connectivity index (χ4v) is 3.98. The average Bonchev–Trinajstić information content (AvgIpc) is 2.93. The summed E-state index contributed by atoms with van der Waals surface area (Å²) in [5.41, 5.74) is 1.53. The molecule has 1 heterocycles. The molecule has 0 amide bonds.